The zero-order valence-electron chi connectivity index (χ0n) is 12.5. The summed E-state index contributed by atoms with van der Waals surface area (Å²) in [6, 6.07) is 8.72. The molecule has 1 aliphatic heterocycles. The summed E-state index contributed by atoms with van der Waals surface area (Å²) < 4.78 is 0. The molecule has 0 aliphatic carbocycles. The number of benzene rings is 1. The molecule has 1 unspecified atom stereocenters. The first kappa shape index (κ1) is 15.0. The second-order valence-electron chi connectivity index (χ2n) is 5.22. The molecule has 0 aromatic heterocycles. The molecule has 2 N–H and O–H groups in total. The minimum atomic E-state index is 0.110. The van der Waals surface area contributed by atoms with Gasteiger partial charge >= 0.3 is 0 Å². The Labute approximate surface area is 121 Å². The average Bonchev–Trinajstić information content (AvgIpc) is 2.50. The molecule has 1 amide bonds. The van der Waals surface area contributed by atoms with Crippen LogP contribution in [0, 0.1) is 0 Å². The number of likely N-dealkylation sites (N-methyl/N-ethyl adjacent to an activating group) is 1. The van der Waals surface area contributed by atoms with Gasteiger partial charge in [-0.2, -0.15) is 0 Å². The number of carbonyl (C=O) groups excluding carboxylic acids is 1. The average molecular weight is 275 g/mol. The summed E-state index contributed by atoms with van der Waals surface area (Å²) in [5.74, 6) is 0.110. The fourth-order valence-electron chi connectivity index (χ4n) is 2.70. The van der Waals surface area contributed by atoms with Crippen molar-refractivity contribution in [1.82, 2.24) is 15.5 Å². The SMILES string of the molecule is CCN(CC)CC(=O)NCC1NCCc2ccccc21. The van der Waals surface area contributed by atoms with Crippen molar-refractivity contribution in [3.63, 3.8) is 0 Å². The molecule has 0 saturated heterocycles. The molecule has 2 rings (SSSR count). The first-order valence-electron chi connectivity index (χ1n) is 7.54. The second-order valence-corrected chi connectivity index (χ2v) is 5.22. The minimum absolute atomic E-state index is 0.110. The molecule has 1 aromatic rings. The molecular formula is C16H25N3O. The lowest BCUT2D eigenvalue weighted by Gasteiger charge is -2.27. The van der Waals surface area contributed by atoms with Gasteiger partial charge in [0.2, 0.25) is 5.91 Å². The van der Waals surface area contributed by atoms with Crippen LogP contribution in [0.2, 0.25) is 0 Å². The normalized spacial score (nSPS) is 17.9. The standard InChI is InChI=1S/C16H25N3O/c1-3-19(4-2)12-16(20)18-11-15-14-8-6-5-7-13(14)9-10-17-15/h5-8,15,17H,3-4,9-12H2,1-2H3,(H,18,20). The quantitative estimate of drug-likeness (QED) is 0.823. The van der Waals surface area contributed by atoms with E-state index in [1.807, 2.05) is 0 Å². The number of fused-ring (bicyclic) bond motifs is 1. The van der Waals surface area contributed by atoms with E-state index in [2.05, 4.69) is 53.6 Å². The number of rotatable bonds is 6. The lowest BCUT2D eigenvalue weighted by Crippen LogP contribution is -2.42. The van der Waals surface area contributed by atoms with Crippen LogP contribution in [0.15, 0.2) is 24.3 Å². The molecule has 0 spiro atoms. The maximum absolute atomic E-state index is 11.9. The first-order chi connectivity index (χ1) is 9.74. The summed E-state index contributed by atoms with van der Waals surface area (Å²) in [6.45, 7) is 8.11. The van der Waals surface area contributed by atoms with Crippen LogP contribution in [-0.4, -0.2) is 43.5 Å². The summed E-state index contributed by atoms with van der Waals surface area (Å²) in [7, 11) is 0. The summed E-state index contributed by atoms with van der Waals surface area (Å²) in [5.41, 5.74) is 2.72. The number of nitrogens with zero attached hydrogens (tertiary/aromatic N) is 1. The highest BCUT2D eigenvalue weighted by Crippen LogP contribution is 2.21. The number of amides is 1. The maximum Gasteiger partial charge on any atom is 0.234 e. The van der Waals surface area contributed by atoms with Crippen molar-refractivity contribution in [2.45, 2.75) is 26.3 Å². The summed E-state index contributed by atoms with van der Waals surface area (Å²) >= 11 is 0. The molecule has 1 heterocycles. The van der Waals surface area contributed by atoms with E-state index in [-0.39, 0.29) is 11.9 Å². The van der Waals surface area contributed by atoms with Crippen molar-refractivity contribution in [2.75, 3.05) is 32.7 Å². The van der Waals surface area contributed by atoms with Crippen molar-refractivity contribution >= 4 is 5.91 Å². The fourth-order valence-corrected chi connectivity index (χ4v) is 2.70. The highest BCUT2D eigenvalue weighted by Gasteiger charge is 2.19. The van der Waals surface area contributed by atoms with Crippen LogP contribution < -0.4 is 10.6 Å². The topological polar surface area (TPSA) is 44.4 Å². The van der Waals surface area contributed by atoms with Gasteiger partial charge in [-0.05, 0) is 37.2 Å². The molecule has 1 aliphatic rings. The Bertz CT molecular complexity index is 443. The zero-order chi connectivity index (χ0) is 14.4. The Morgan fingerprint density at radius 2 is 2.10 bits per heavy atom. The van der Waals surface area contributed by atoms with Crippen molar-refractivity contribution in [3.05, 3.63) is 35.4 Å². The first-order valence-corrected chi connectivity index (χ1v) is 7.54. The highest BCUT2D eigenvalue weighted by atomic mass is 16.2. The van der Waals surface area contributed by atoms with Gasteiger partial charge in [0.15, 0.2) is 0 Å². The van der Waals surface area contributed by atoms with E-state index >= 15 is 0 Å². The highest BCUT2D eigenvalue weighted by molar-refractivity contribution is 5.78. The van der Waals surface area contributed by atoms with Crippen LogP contribution in [0.1, 0.15) is 31.0 Å². The number of hydrogen-bond donors (Lipinski definition) is 2. The van der Waals surface area contributed by atoms with Gasteiger partial charge in [-0.3, -0.25) is 9.69 Å². The Kier molecular flexibility index (Phi) is 5.56. The molecule has 4 nitrogen and oxygen atoms in total. The van der Waals surface area contributed by atoms with E-state index in [0.29, 0.717) is 13.1 Å². The Morgan fingerprint density at radius 3 is 2.85 bits per heavy atom. The number of nitrogens with one attached hydrogen (secondary N) is 2. The third kappa shape index (κ3) is 3.81. The molecule has 1 atom stereocenters. The molecule has 0 bridgehead atoms. The summed E-state index contributed by atoms with van der Waals surface area (Å²) in [6.07, 6.45) is 1.07. The van der Waals surface area contributed by atoms with E-state index < -0.39 is 0 Å². The lowest BCUT2D eigenvalue weighted by molar-refractivity contribution is -0.122. The molecule has 4 heteroatoms. The lowest BCUT2D eigenvalue weighted by atomic mass is 9.94. The molecule has 0 fully saturated rings. The molecule has 0 saturated carbocycles. The van der Waals surface area contributed by atoms with Gasteiger partial charge < -0.3 is 10.6 Å². The van der Waals surface area contributed by atoms with Gasteiger partial charge in [-0.1, -0.05) is 38.1 Å². The van der Waals surface area contributed by atoms with Crippen molar-refractivity contribution in [1.29, 1.82) is 0 Å². The van der Waals surface area contributed by atoms with E-state index in [4.69, 9.17) is 0 Å². The van der Waals surface area contributed by atoms with Crippen LogP contribution in [0.4, 0.5) is 0 Å². The van der Waals surface area contributed by atoms with Gasteiger partial charge in [-0.25, -0.2) is 0 Å². The van der Waals surface area contributed by atoms with E-state index in [1.165, 1.54) is 11.1 Å². The van der Waals surface area contributed by atoms with Gasteiger partial charge in [0.05, 0.1) is 6.54 Å². The van der Waals surface area contributed by atoms with Crippen LogP contribution in [0.3, 0.4) is 0 Å². The fraction of sp³-hybridized carbons (Fsp3) is 0.562. The molecule has 20 heavy (non-hydrogen) atoms. The van der Waals surface area contributed by atoms with Crippen molar-refractivity contribution in [3.8, 4) is 0 Å². The molecular weight excluding hydrogens is 250 g/mol. The van der Waals surface area contributed by atoms with Gasteiger partial charge in [0.1, 0.15) is 0 Å². The molecule has 110 valence electrons. The summed E-state index contributed by atoms with van der Waals surface area (Å²) in [4.78, 5) is 14.1. The van der Waals surface area contributed by atoms with Crippen molar-refractivity contribution in [2.24, 2.45) is 0 Å². The summed E-state index contributed by atoms with van der Waals surface area (Å²) in [5, 5.41) is 6.53. The Hall–Kier alpha value is -1.39. The van der Waals surface area contributed by atoms with Crippen LogP contribution in [0.25, 0.3) is 0 Å². The van der Waals surface area contributed by atoms with Gasteiger partial charge in [0, 0.05) is 12.6 Å². The second kappa shape index (κ2) is 7.41. The maximum atomic E-state index is 11.9. The molecule has 1 aromatic carbocycles. The van der Waals surface area contributed by atoms with Crippen molar-refractivity contribution < 1.29 is 4.79 Å². The minimum Gasteiger partial charge on any atom is -0.353 e. The Balaban J connectivity index is 1.87. The number of carbonyl (C=O) groups is 1. The predicted octanol–water partition coefficient (Wildman–Crippen LogP) is 1.33. The zero-order valence-corrected chi connectivity index (χ0v) is 12.5. The third-order valence-electron chi connectivity index (χ3n) is 3.98. The van der Waals surface area contributed by atoms with E-state index in [1.54, 1.807) is 0 Å². The van der Waals surface area contributed by atoms with Crippen LogP contribution >= 0.6 is 0 Å². The van der Waals surface area contributed by atoms with Gasteiger partial charge in [-0.15, -0.1) is 0 Å². The number of hydrogen-bond acceptors (Lipinski definition) is 3. The van der Waals surface area contributed by atoms with E-state index in [9.17, 15) is 4.79 Å². The Morgan fingerprint density at radius 1 is 1.35 bits per heavy atom. The van der Waals surface area contributed by atoms with Crippen LogP contribution in [0.5, 0.6) is 0 Å². The van der Waals surface area contributed by atoms with Crippen LogP contribution in [-0.2, 0) is 11.2 Å². The largest absolute Gasteiger partial charge is 0.353 e. The monoisotopic (exact) mass is 275 g/mol. The predicted molar refractivity (Wildman–Crippen MR) is 81.7 cm³/mol. The van der Waals surface area contributed by atoms with Gasteiger partial charge in [0.25, 0.3) is 0 Å². The smallest absolute Gasteiger partial charge is 0.234 e. The molecule has 0 radical (unpaired) electrons. The third-order valence-corrected chi connectivity index (χ3v) is 3.98. The van der Waals surface area contributed by atoms with E-state index in [0.717, 1.165) is 26.1 Å².